The van der Waals surface area contributed by atoms with Gasteiger partial charge in [-0.3, -0.25) is 10.1 Å². The zero-order valence-electron chi connectivity index (χ0n) is 18.4. The van der Waals surface area contributed by atoms with Gasteiger partial charge in [-0.15, -0.1) is 0 Å². The van der Waals surface area contributed by atoms with E-state index in [1.165, 1.54) is 0 Å². The number of amides is 1. The average molecular weight is 514 g/mol. The first kappa shape index (κ1) is 24.0. The van der Waals surface area contributed by atoms with E-state index in [0.717, 1.165) is 6.42 Å². The van der Waals surface area contributed by atoms with Crippen LogP contribution in [-0.4, -0.2) is 22.1 Å². The number of hydrogen-bond acceptors (Lipinski definition) is 5. The second kappa shape index (κ2) is 10.4. The van der Waals surface area contributed by atoms with E-state index in [1.54, 1.807) is 42.5 Å². The molecule has 9 heteroatoms. The van der Waals surface area contributed by atoms with Crippen molar-refractivity contribution >= 4 is 63.2 Å². The summed E-state index contributed by atoms with van der Waals surface area (Å²) in [6.07, 6.45) is 1.01. The molecular weight excluding hydrogens is 493 g/mol. The average Bonchev–Trinajstić information content (AvgIpc) is 3.24. The van der Waals surface area contributed by atoms with Gasteiger partial charge in [0.05, 0.1) is 11.1 Å². The van der Waals surface area contributed by atoms with Gasteiger partial charge in [-0.2, -0.15) is 0 Å². The highest BCUT2D eigenvalue weighted by Crippen LogP contribution is 2.32. The van der Waals surface area contributed by atoms with Crippen molar-refractivity contribution in [3.63, 3.8) is 0 Å². The number of halogens is 2. The minimum Gasteiger partial charge on any atom is -0.491 e. The van der Waals surface area contributed by atoms with Gasteiger partial charge in [-0.1, -0.05) is 36.2 Å². The van der Waals surface area contributed by atoms with Gasteiger partial charge >= 0.3 is 0 Å². The maximum Gasteiger partial charge on any atom is 0.257 e. The fraction of sp³-hybridized carbons (Fsp3) is 0.160. The minimum absolute atomic E-state index is 0.108. The zero-order valence-corrected chi connectivity index (χ0v) is 20.7. The van der Waals surface area contributed by atoms with E-state index < -0.39 is 0 Å². The van der Waals surface area contributed by atoms with Crippen LogP contribution in [0.2, 0.25) is 10.0 Å². The van der Waals surface area contributed by atoms with Crippen LogP contribution in [0.1, 0.15) is 30.6 Å². The Hall–Kier alpha value is -3.13. The molecule has 0 saturated carbocycles. The molecule has 0 spiro atoms. The fourth-order valence-corrected chi connectivity index (χ4v) is 3.88. The maximum absolute atomic E-state index is 12.6. The lowest BCUT2D eigenvalue weighted by Crippen LogP contribution is -2.34. The van der Waals surface area contributed by atoms with E-state index in [-0.39, 0.29) is 17.1 Å². The van der Waals surface area contributed by atoms with Gasteiger partial charge in [0.25, 0.3) is 5.91 Å². The molecule has 1 aromatic heterocycles. The first-order chi connectivity index (χ1) is 16.3. The number of hydrogen-bond donors (Lipinski definition) is 2. The summed E-state index contributed by atoms with van der Waals surface area (Å²) in [5, 5.41) is 6.72. The van der Waals surface area contributed by atoms with Gasteiger partial charge in [0.15, 0.2) is 10.7 Å². The van der Waals surface area contributed by atoms with Crippen molar-refractivity contribution in [2.75, 3.05) is 5.32 Å². The Balaban J connectivity index is 1.42. The van der Waals surface area contributed by atoms with E-state index in [1.807, 2.05) is 25.1 Å². The van der Waals surface area contributed by atoms with Crippen molar-refractivity contribution in [2.45, 2.75) is 26.4 Å². The highest BCUT2D eigenvalue weighted by molar-refractivity contribution is 7.80. The van der Waals surface area contributed by atoms with Gasteiger partial charge in [-0.25, -0.2) is 4.98 Å². The molecule has 1 amide bonds. The quantitative estimate of drug-likeness (QED) is 0.267. The molecule has 3 aromatic carbocycles. The van der Waals surface area contributed by atoms with E-state index in [9.17, 15) is 4.79 Å². The molecule has 0 aliphatic rings. The Kier molecular flexibility index (Phi) is 7.36. The van der Waals surface area contributed by atoms with Crippen LogP contribution in [0, 0.1) is 0 Å². The maximum atomic E-state index is 12.6. The molecule has 6 nitrogen and oxygen atoms in total. The molecule has 2 N–H and O–H groups in total. The summed E-state index contributed by atoms with van der Waals surface area (Å²) in [7, 11) is 0. The molecule has 0 unspecified atom stereocenters. The molecule has 0 fully saturated rings. The number of carbonyl (C=O) groups excluding carboxylic acids is 1. The number of nitrogens with one attached hydrogen (secondary N) is 2. The molecule has 0 radical (unpaired) electrons. The topological polar surface area (TPSA) is 76.4 Å². The number of ether oxygens (including phenoxy) is 1. The number of nitrogens with zero attached hydrogens (tertiary/aromatic N) is 1. The van der Waals surface area contributed by atoms with E-state index in [4.69, 9.17) is 44.6 Å². The third-order valence-corrected chi connectivity index (χ3v) is 5.74. The lowest BCUT2D eigenvalue weighted by molar-refractivity contribution is 0.0977. The monoisotopic (exact) mass is 513 g/mol. The molecule has 174 valence electrons. The lowest BCUT2D eigenvalue weighted by Gasteiger charge is -2.13. The molecule has 4 aromatic rings. The highest BCUT2D eigenvalue weighted by atomic mass is 35.5. The Morgan fingerprint density at radius 3 is 2.65 bits per heavy atom. The molecule has 0 bridgehead atoms. The van der Waals surface area contributed by atoms with Crippen molar-refractivity contribution in [1.29, 1.82) is 0 Å². The zero-order chi connectivity index (χ0) is 24.2. The van der Waals surface area contributed by atoms with Gasteiger partial charge in [-0.05, 0) is 80.2 Å². The molecule has 1 heterocycles. The normalized spacial score (nSPS) is 11.8. The number of benzene rings is 3. The minimum atomic E-state index is -0.325. The first-order valence-corrected chi connectivity index (χ1v) is 11.7. The number of fused-ring (bicyclic) bond motifs is 1. The van der Waals surface area contributed by atoms with E-state index in [0.29, 0.717) is 49.6 Å². The second-order valence-corrected chi connectivity index (χ2v) is 8.86. The Labute approximate surface area is 212 Å². The number of carbonyl (C=O) groups is 1. The standard InChI is InChI=1S/C25H21Cl2N3O3S/c1-3-14(2)32-19-9-7-15(8-10-19)23(31)30-25(34)28-18-6-4-5-16(11-18)24-29-21-13-17(26)12-20(27)22(21)33-24/h4-14H,3H2,1-2H3,(H2,28,30,31,34)/t14-/m0/s1. The first-order valence-electron chi connectivity index (χ1n) is 10.6. The van der Waals surface area contributed by atoms with Crippen LogP contribution in [0.5, 0.6) is 5.75 Å². The number of thiocarbonyl (C=S) groups is 1. The van der Waals surface area contributed by atoms with Gasteiger partial charge in [0.1, 0.15) is 11.3 Å². The van der Waals surface area contributed by atoms with Crippen LogP contribution in [-0.2, 0) is 0 Å². The third-order valence-electron chi connectivity index (χ3n) is 5.03. The Morgan fingerprint density at radius 2 is 1.91 bits per heavy atom. The number of oxazole rings is 1. The van der Waals surface area contributed by atoms with Gasteiger partial charge in [0.2, 0.25) is 5.89 Å². The molecule has 0 aliphatic heterocycles. The summed E-state index contributed by atoms with van der Waals surface area (Å²) in [6, 6.07) is 17.5. The molecule has 1 atom stereocenters. The summed E-state index contributed by atoms with van der Waals surface area (Å²) in [4.78, 5) is 17.0. The van der Waals surface area contributed by atoms with Crippen LogP contribution in [0.15, 0.2) is 65.1 Å². The second-order valence-electron chi connectivity index (χ2n) is 7.61. The summed E-state index contributed by atoms with van der Waals surface area (Å²) < 4.78 is 11.6. The molecule has 34 heavy (non-hydrogen) atoms. The smallest absolute Gasteiger partial charge is 0.257 e. The van der Waals surface area contributed by atoms with Crippen molar-refractivity contribution in [1.82, 2.24) is 10.3 Å². The largest absolute Gasteiger partial charge is 0.491 e. The number of anilines is 1. The summed E-state index contributed by atoms with van der Waals surface area (Å²) >= 11 is 17.6. The number of aromatic nitrogens is 1. The SMILES string of the molecule is CC[C@H](C)Oc1ccc(C(=O)NC(=S)Nc2cccc(-c3nc4cc(Cl)cc(Cl)c4o3)c2)cc1. The summed E-state index contributed by atoms with van der Waals surface area (Å²) in [5.74, 6) is 0.776. The van der Waals surface area contributed by atoms with Crippen molar-refractivity contribution in [3.05, 3.63) is 76.3 Å². The number of rotatable bonds is 6. The van der Waals surface area contributed by atoms with Crippen molar-refractivity contribution in [3.8, 4) is 17.2 Å². The van der Waals surface area contributed by atoms with Crippen LogP contribution >= 0.6 is 35.4 Å². The third kappa shape index (κ3) is 5.67. The Bertz CT molecular complexity index is 1360. The van der Waals surface area contributed by atoms with Crippen molar-refractivity contribution in [2.24, 2.45) is 0 Å². The predicted octanol–water partition coefficient (Wildman–Crippen LogP) is 7.11. The fourth-order valence-electron chi connectivity index (χ4n) is 3.15. The summed E-state index contributed by atoms with van der Waals surface area (Å²) in [6.45, 7) is 4.05. The van der Waals surface area contributed by atoms with Crippen molar-refractivity contribution < 1.29 is 13.9 Å². The molecular formula is C25H21Cl2N3O3S. The lowest BCUT2D eigenvalue weighted by atomic mass is 10.2. The highest BCUT2D eigenvalue weighted by Gasteiger charge is 2.14. The van der Waals surface area contributed by atoms with Crippen LogP contribution < -0.4 is 15.4 Å². The molecule has 4 rings (SSSR count). The van der Waals surface area contributed by atoms with E-state index >= 15 is 0 Å². The molecule has 0 saturated heterocycles. The molecule has 0 aliphatic carbocycles. The van der Waals surface area contributed by atoms with Crippen LogP contribution in [0.25, 0.3) is 22.6 Å². The van der Waals surface area contributed by atoms with E-state index in [2.05, 4.69) is 22.5 Å². The van der Waals surface area contributed by atoms with Gasteiger partial charge < -0.3 is 14.5 Å². The van der Waals surface area contributed by atoms with Crippen LogP contribution in [0.4, 0.5) is 5.69 Å². The summed E-state index contributed by atoms with van der Waals surface area (Å²) in [5.41, 5.74) is 2.86. The predicted molar refractivity (Wildman–Crippen MR) is 140 cm³/mol. The van der Waals surface area contributed by atoms with Crippen LogP contribution in [0.3, 0.4) is 0 Å². The van der Waals surface area contributed by atoms with Gasteiger partial charge in [0, 0.05) is 21.8 Å². The Morgan fingerprint density at radius 1 is 1.15 bits per heavy atom.